The summed E-state index contributed by atoms with van der Waals surface area (Å²) in [5.74, 6) is 0.264. The minimum absolute atomic E-state index is 0.264. The zero-order chi connectivity index (χ0) is 12.1. The largest absolute Gasteiger partial charge is 0.507 e. The number of phenols is 1. The highest BCUT2D eigenvalue weighted by Crippen LogP contribution is 2.13. The highest BCUT2D eigenvalue weighted by Gasteiger charge is 1.94. The van der Waals surface area contributed by atoms with Crippen molar-refractivity contribution in [2.24, 2.45) is 4.99 Å². The molecule has 0 saturated carbocycles. The van der Waals surface area contributed by atoms with E-state index in [-0.39, 0.29) is 5.75 Å². The third-order valence-corrected chi connectivity index (χ3v) is 2.56. The van der Waals surface area contributed by atoms with Gasteiger partial charge >= 0.3 is 0 Å². The van der Waals surface area contributed by atoms with Gasteiger partial charge in [0.1, 0.15) is 5.75 Å². The van der Waals surface area contributed by atoms with E-state index in [2.05, 4.69) is 36.2 Å². The number of nitrogens with zero attached hydrogens (tertiary/aromatic N) is 1. The molecular formula is C15H15NO. The zero-order valence-electron chi connectivity index (χ0n) is 9.80. The van der Waals surface area contributed by atoms with Gasteiger partial charge in [-0.3, -0.25) is 4.99 Å². The molecule has 0 aromatic heterocycles. The summed E-state index contributed by atoms with van der Waals surface area (Å²) in [6.07, 6.45) is 1.70. The number of para-hydroxylation sites is 1. The highest BCUT2D eigenvalue weighted by atomic mass is 16.3. The summed E-state index contributed by atoms with van der Waals surface area (Å²) in [7, 11) is 0. The normalized spacial score (nSPS) is 10.9. The van der Waals surface area contributed by atoms with Crippen molar-refractivity contribution in [2.45, 2.75) is 13.5 Å². The van der Waals surface area contributed by atoms with E-state index in [0.717, 1.165) is 5.56 Å². The molecular weight excluding hydrogens is 210 g/mol. The van der Waals surface area contributed by atoms with Crippen molar-refractivity contribution >= 4 is 6.21 Å². The number of rotatable bonds is 3. The van der Waals surface area contributed by atoms with E-state index in [0.29, 0.717) is 6.54 Å². The average Bonchev–Trinajstić information content (AvgIpc) is 2.34. The van der Waals surface area contributed by atoms with Gasteiger partial charge in [0.25, 0.3) is 0 Å². The van der Waals surface area contributed by atoms with Crippen LogP contribution in [0.15, 0.2) is 53.5 Å². The van der Waals surface area contributed by atoms with Gasteiger partial charge in [0, 0.05) is 11.8 Å². The lowest BCUT2D eigenvalue weighted by molar-refractivity contribution is 0.474. The summed E-state index contributed by atoms with van der Waals surface area (Å²) in [6.45, 7) is 2.70. The molecule has 17 heavy (non-hydrogen) atoms. The van der Waals surface area contributed by atoms with Gasteiger partial charge in [-0.05, 0) is 24.6 Å². The van der Waals surface area contributed by atoms with Gasteiger partial charge in [-0.25, -0.2) is 0 Å². The molecule has 2 heteroatoms. The Morgan fingerprint density at radius 2 is 1.76 bits per heavy atom. The van der Waals surface area contributed by atoms with Gasteiger partial charge in [0.15, 0.2) is 0 Å². The molecule has 0 fully saturated rings. The van der Waals surface area contributed by atoms with Crippen LogP contribution >= 0.6 is 0 Å². The first-order chi connectivity index (χ1) is 8.25. The number of hydrogen-bond acceptors (Lipinski definition) is 2. The van der Waals surface area contributed by atoms with E-state index in [1.165, 1.54) is 11.1 Å². The second-order valence-corrected chi connectivity index (χ2v) is 4.01. The average molecular weight is 225 g/mol. The first kappa shape index (κ1) is 11.4. The molecule has 0 saturated heterocycles. The van der Waals surface area contributed by atoms with Gasteiger partial charge in [0.2, 0.25) is 0 Å². The number of phenolic OH excluding ortho intramolecular Hbond substituents is 1. The smallest absolute Gasteiger partial charge is 0.124 e. The molecule has 2 aromatic carbocycles. The Labute approximate surface area is 101 Å². The van der Waals surface area contributed by atoms with Gasteiger partial charge in [0.05, 0.1) is 6.54 Å². The maximum absolute atomic E-state index is 9.55. The third kappa shape index (κ3) is 3.18. The van der Waals surface area contributed by atoms with Gasteiger partial charge in [-0.1, -0.05) is 42.0 Å². The molecule has 0 aliphatic heterocycles. The standard InChI is InChI=1S/C15H15NO/c1-12-6-8-13(9-7-12)10-16-11-14-4-2-3-5-15(14)17/h2-9,11,17H,10H2,1H3. The second-order valence-electron chi connectivity index (χ2n) is 4.01. The third-order valence-electron chi connectivity index (χ3n) is 2.56. The minimum atomic E-state index is 0.264. The maximum atomic E-state index is 9.55. The monoisotopic (exact) mass is 225 g/mol. The Hall–Kier alpha value is -2.09. The van der Waals surface area contributed by atoms with Crippen molar-refractivity contribution < 1.29 is 5.11 Å². The maximum Gasteiger partial charge on any atom is 0.124 e. The van der Waals surface area contributed by atoms with Crippen LogP contribution in [0, 0.1) is 6.92 Å². The number of aromatic hydroxyl groups is 1. The molecule has 0 radical (unpaired) electrons. The Balaban J connectivity index is 2.03. The van der Waals surface area contributed by atoms with Crippen molar-refractivity contribution in [1.29, 1.82) is 0 Å². The van der Waals surface area contributed by atoms with E-state index in [9.17, 15) is 5.11 Å². The van der Waals surface area contributed by atoms with Crippen molar-refractivity contribution in [2.75, 3.05) is 0 Å². The van der Waals surface area contributed by atoms with E-state index in [4.69, 9.17) is 0 Å². The van der Waals surface area contributed by atoms with E-state index in [1.807, 2.05) is 12.1 Å². The molecule has 1 N–H and O–H groups in total. The van der Waals surface area contributed by atoms with Crippen LogP contribution in [0.4, 0.5) is 0 Å². The predicted molar refractivity (Wildman–Crippen MR) is 70.6 cm³/mol. The molecule has 0 spiro atoms. The number of benzene rings is 2. The fourth-order valence-electron chi connectivity index (χ4n) is 1.54. The lowest BCUT2D eigenvalue weighted by Gasteiger charge is -1.98. The van der Waals surface area contributed by atoms with Gasteiger partial charge < -0.3 is 5.11 Å². The SMILES string of the molecule is Cc1ccc(CN=Cc2ccccc2O)cc1. The highest BCUT2D eigenvalue weighted by molar-refractivity contribution is 5.83. The van der Waals surface area contributed by atoms with Crippen molar-refractivity contribution in [3.05, 3.63) is 65.2 Å². The molecule has 0 atom stereocenters. The molecule has 0 heterocycles. The number of hydrogen-bond donors (Lipinski definition) is 1. The van der Waals surface area contributed by atoms with Crippen molar-refractivity contribution in [3.63, 3.8) is 0 Å². The Morgan fingerprint density at radius 1 is 1.06 bits per heavy atom. The summed E-state index contributed by atoms with van der Waals surface area (Å²) >= 11 is 0. The van der Waals surface area contributed by atoms with Crippen LogP contribution in [0.2, 0.25) is 0 Å². The van der Waals surface area contributed by atoms with E-state index < -0.39 is 0 Å². The molecule has 0 aliphatic rings. The molecule has 2 rings (SSSR count). The van der Waals surface area contributed by atoms with Crippen LogP contribution in [0.1, 0.15) is 16.7 Å². The molecule has 86 valence electrons. The summed E-state index contributed by atoms with van der Waals surface area (Å²) in [6, 6.07) is 15.5. The first-order valence-corrected chi connectivity index (χ1v) is 5.59. The van der Waals surface area contributed by atoms with Crippen LogP contribution in [0.3, 0.4) is 0 Å². The molecule has 2 aromatic rings. The minimum Gasteiger partial charge on any atom is -0.507 e. The Morgan fingerprint density at radius 3 is 2.47 bits per heavy atom. The van der Waals surface area contributed by atoms with Crippen LogP contribution in [0.25, 0.3) is 0 Å². The second kappa shape index (κ2) is 5.30. The quantitative estimate of drug-likeness (QED) is 0.798. The predicted octanol–water partition coefficient (Wildman–Crippen LogP) is 3.32. The zero-order valence-corrected chi connectivity index (χ0v) is 9.80. The van der Waals surface area contributed by atoms with Crippen LogP contribution in [-0.2, 0) is 6.54 Å². The summed E-state index contributed by atoms with van der Waals surface area (Å²) in [5.41, 5.74) is 3.17. The molecule has 2 nitrogen and oxygen atoms in total. The Kier molecular flexibility index (Phi) is 3.55. The topological polar surface area (TPSA) is 32.6 Å². The van der Waals surface area contributed by atoms with Crippen molar-refractivity contribution in [3.8, 4) is 5.75 Å². The molecule has 0 aliphatic carbocycles. The molecule has 0 unspecified atom stereocenters. The van der Waals surface area contributed by atoms with Crippen LogP contribution in [-0.4, -0.2) is 11.3 Å². The summed E-state index contributed by atoms with van der Waals surface area (Å²) in [4.78, 5) is 4.32. The van der Waals surface area contributed by atoms with E-state index >= 15 is 0 Å². The first-order valence-electron chi connectivity index (χ1n) is 5.59. The van der Waals surface area contributed by atoms with Gasteiger partial charge in [-0.15, -0.1) is 0 Å². The lowest BCUT2D eigenvalue weighted by Crippen LogP contribution is -1.85. The van der Waals surface area contributed by atoms with Crippen LogP contribution < -0.4 is 0 Å². The number of aryl methyl sites for hydroxylation is 1. The summed E-state index contributed by atoms with van der Waals surface area (Å²) < 4.78 is 0. The molecule has 0 amide bonds. The summed E-state index contributed by atoms with van der Waals surface area (Å²) in [5, 5.41) is 9.55. The fraction of sp³-hybridized carbons (Fsp3) is 0.133. The van der Waals surface area contributed by atoms with E-state index in [1.54, 1.807) is 18.3 Å². The molecule has 0 bridgehead atoms. The Bertz CT molecular complexity index is 515. The van der Waals surface area contributed by atoms with Crippen molar-refractivity contribution in [1.82, 2.24) is 0 Å². The van der Waals surface area contributed by atoms with Gasteiger partial charge in [-0.2, -0.15) is 0 Å². The van der Waals surface area contributed by atoms with Crippen LogP contribution in [0.5, 0.6) is 5.75 Å². The lowest BCUT2D eigenvalue weighted by atomic mass is 10.1. The number of aliphatic imine (C=N–C) groups is 1. The fourth-order valence-corrected chi connectivity index (χ4v) is 1.54.